The number of unbranched alkanes of at least 4 members (excludes halogenated alkanes) is 1. The first-order valence-electron chi connectivity index (χ1n) is 13.4. The van der Waals surface area contributed by atoms with Gasteiger partial charge in [0.15, 0.2) is 0 Å². The number of fused-ring (bicyclic) bond motifs is 2. The zero-order chi connectivity index (χ0) is 26.0. The van der Waals surface area contributed by atoms with E-state index >= 15 is 0 Å². The van der Waals surface area contributed by atoms with Crippen LogP contribution >= 0.6 is 8.60 Å². The second-order valence-corrected chi connectivity index (χ2v) is 13.5. The molecule has 35 heavy (non-hydrogen) atoms. The van der Waals surface area contributed by atoms with Gasteiger partial charge in [0.1, 0.15) is 11.5 Å². The first-order chi connectivity index (χ1) is 16.3. The maximum atomic E-state index is 6.72. The Morgan fingerprint density at radius 1 is 0.829 bits per heavy atom. The van der Waals surface area contributed by atoms with Gasteiger partial charge in [0.05, 0.1) is 6.61 Å². The van der Waals surface area contributed by atoms with Gasteiger partial charge in [-0.25, -0.2) is 0 Å². The van der Waals surface area contributed by atoms with Gasteiger partial charge in [-0.3, -0.25) is 4.52 Å². The van der Waals surface area contributed by atoms with Crippen LogP contribution in [0, 0.1) is 19.8 Å². The summed E-state index contributed by atoms with van der Waals surface area (Å²) in [4.78, 5) is 0. The molecular formula is C31H47O3P. The van der Waals surface area contributed by atoms with Crippen LogP contribution in [0.15, 0.2) is 24.3 Å². The first kappa shape index (κ1) is 28.0. The number of benzene rings is 2. The maximum Gasteiger partial charge on any atom is 0.463 e. The fourth-order valence-corrected chi connectivity index (χ4v) is 5.98. The van der Waals surface area contributed by atoms with Gasteiger partial charge in [-0.15, -0.1) is 0 Å². The summed E-state index contributed by atoms with van der Waals surface area (Å²) >= 11 is 0. The third kappa shape index (κ3) is 7.01. The smallest absolute Gasteiger partial charge is 0.417 e. The second kappa shape index (κ2) is 11.2. The molecule has 0 bridgehead atoms. The topological polar surface area (TPSA) is 27.7 Å². The Balaban J connectivity index is 2.13. The summed E-state index contributed by atoms with van der Waals surface area (Å²) in [5.41, 5.74) is 7.32. The molecule has 0 saturated carbocycles. The van der Waals surface area contributed by atoms with Gasteiger partial charge in [-0.05, 0) is 48.1 Å². The fourth-order valence-electron chi connectivity index (χ4n) is 4.78. The predicted molar refractivity (Wildman–Crippen MR) is 150 cm³/mol. The molecule has 0 amide bonds. The molecule has 1 heterocycles. The van der Waals surface area contributed by atoms with Gasteiger partial charge in [-0.2, -0.15) is 0 Å². The van der Waals surface area contributed by atoms with Crippen molar-refractivity contribution in [2.24, 2.45) is 5.92 Å². The fraction of sp³-hybridized carbons (Fsp3) is 0.613. The molecule has 4 heteroatoms. The maximum absolute atomic E-state index is 6.72. The van der Waals surface area contributed by atoms with Crippen LogP contribution in [0.25, 0.3) is 0 Å². The Morgan fingerprint density at radius 2 is 1.31 bits per heavy atom. The van der Waals surface area contributed by atoms with Crippen LogP contribution in [0.4, 0.5) is 0 Å². The third-order valence-corrected chi connectivity index (χ3v) is 7.93. The largest absolute Gasteiger partial charge is 0.463 e. The molecule has 0 aromatic heterocycles. The summed E-state index contributed by atoms with van der Waals surface area (Å²) < 4.78 is 19.9. The van der Waals surface area contributed by atoms with Crippen molar-refractivity contribution in [1.29, 1.82) is 0 Å². The Morgan fingerprint density at radius 3 is 1.71 bits per heavy atom. The van der Waals surface area contributed by atoms with E-state index in [0.717, 1.165) is 24.3 Å². The molecule has 1 aliphatic heterocycles. The summed E-state index contributed by atoms with van der Waals surface area (Å²) in [6, 6.07) is 9.09. The van der Waals surface area contributed by atoms with Crippen LogP contribution in [-0.4, -0.2) is 6.61 Å². The quantitative estimate of drug-likeness (QED) is 0.356. The Kier molecular flexibility index (Phi) is 8.98. The molecule has 1 aliphatic rings. The number of rotatable bonds is 7. The first-order valence-corrected chi connectivity index (χ1v) is 14.5. The van der Waals surface area contributed by atoms with Crippen molar-refractivity contribution in [2.75, 3.05) is 6.61 Å². The molecule has 1 unspecified atom stereocenters. The number of hydrogen-bond donors (Lipinski definition) is 0. The van der Waals surface area contributed by atoms with Crippen molar-refractivity contribution >= 4 is 8.60 Å². The van der Waals surface area contributed by atoms with Gasteiger partial charge in [0.25, 0.3) is 0 Å². The SMILES string of the molecule is CCCCC(CC)COP1Oc2c(cc(C)cc2C(C)(C)C)Cc2cc(C)cc(C(C)(C)C)c2O1. The predicted octanol–water partition coefficient (Wildman–Crippen LogP) is 9.72. The van der Waals surface area contributed by atoms with Gasteiger partial charge >= 0.3 is 8.60 Å². The molecule has 2 aromatic rings. The summed E-state index contributed by atoms with van der Waals surface area (Å²) in [6.45, 7) is 23.0. The van der Waals surface area contributed by atoms with Gasteiger partial charge in [0.2, 0.25) is 0 Å². The van der Waals surface area contributed by atoms with E-state index in [1.165, 1.54) is 52.6 Å². The standard InChI is InChI=1S/C31H47O3P/c1-11-13-14-23(12-2)20-32-35-33-28-24(15-21(3)17-26(28)30(5,6)7)19-25-16-22(4)18-27(29(25)34-35)31(8,9)10/h15-18,23H,11-14,19-20H2,1-10H3. The Bertz CT molecular complexity index is 942. The molecule has 194 valence electrons. The minimum atomic E-state index is -1.59. The zero-order valence-corrected chi connectivity index (χ0v) is 24.7. The van der Waals surface area contributed by atoms with E-state index < -0.39 is 8.60 Å². The molecule has 3 nitrogen and oxygen atoms in total. The van der Waals surface area contributed by atoms with Crippen LogP contribution in [0.2, 0.25) is 0 Å². The summed E-state index contributed by atoms with van der Waals surface area (Å²) in [5.74, 6) is 2.41. The number of hydrogen-bond acceptors (Lipinski definition) is 3. The van der Waals surface area contributed by atoms with Crippen LogP contribution in [-0.2, 0) is 21.8 Å². The van der Waals surface area contributed by atoms with E-state index in [-0.39, 0.29) is 10.8 Å². The molecule has 0 spiro atoms. The van der Waals surface area contributed by atoms with Crippen LogP contribution in [0.1, 0.15) is 114 Å². The van der Waals surface area contributed by atoms with E-state index in [2.05, 4.69) is 93.5 Å². The van der Waals surface area contributed by atoms with Gasteiger partial charge in [-0.1, -0.05) is 110 Å². The second-order valence-electron chi connectivity index (χ2n) is 12.4. The Hall–Kier alpha value is -1.57. The van der Waals surface area contributed by atoms with E-state index in [9.17, 15) is 0 Å². The van der Waals surface area contributed by atoms with Crippen LogP contribution in [0.5, 0.6) is 11.5 Å². The highest BCUT2D eigenvalue weighted by Gasteiger charge is 2.33. The lowest BCUT2D eigenvalue weighted by molar-refractivity contribution is 0.205. The van der Waals surface area contributed by atoms with Crippen molar-refractivity contribution in [3.8, 4) is 11.5 Å². The van der Waals surface area contributed by atoms with Crippen LogP contribution < -0.4 is 9.05 Å². The van der Waals surface area contributed by atoms with E-state index in [1.807, 2.05) is 0 Å². The van der Waals surface area contributed by atoms with Crippen molar-refractivity contribution in [3.05, 3.63) is 57.6 Å². The molecular weight excluding hydrogens is 451 g/mol. The molecule has 0 fully saturated rings. The third-order valence-electron chi connectivity index (χ3n) is 6.91. The summed E-state index contributed by atoms with van der Waals surface area (Å²) in [7, 11) is -1.59. The van der Waals surface area contributed by atoms with Crippen molar-refractivity contribution in [2.45, 2.75) is 112 Å². The lowest BCUT2D eigenvalue weighted by Gasteiger charge is -2.32. The zero-order valence-electron chi connectivity index (χ0n) is 23.8. The van der Waals surface area contributed by atoms with Gasteiger partial charge < -0.3 is 9.05 Å². The number of aryl methyl sites for hydroxylation is 2. The summed E-state index contributed by atoms with van der Waals surface area (Å²) in [6.07, 6.45) is 5.52. The highest BCUT2D eigenvalue weighted by molar-refractivity contribution is 7.42. The lowest BCUT2D eigenvalue weighted by Crippen LogP contribution is -2.19. The molecule has 1 atom stereocenters. The van der Waals surface area contributed by atoms with Crippen LogP contribution in [0.3, 0.4) is 0 Å². The molecule has 0 saturated heterocycles. The lowest BCUT2D eigenvalue weighted by atomic mass is 9.81. The van der Waals surface area contributed by atoms with Crippen molar-refractivity contribution < 1.29 is 13.6 Å². The van der Waals surface area contributed by atoms with Crippen molar-refractivity contribution in [3.63, 3.8) is 0 Å². The van der Waals surface area contributed by atoms with E-state index in [4.69, 9.17) is 13.6 Å². The summed E-state index contributed by atoms with van der Waals surface area (Å²) in [5, 5.41) is 0. The molecule has 2 aromatic carbocycles. The average molecular weight is 499 g/mol. The molecule has 3 rings (SSSR count). The van der Waals surface area contributed by atoms with Crippen molar-refractivity contribution in [1.82, 2.24) is 0 Å². The minimum absolute atomic E-state index is 0.0462. The highest BCUT2D eigenvalue weighted by Crippen LogP contribution is 2.52. The monoisotopic (exact) mass is 498 g/mol. The molecule has 0 N–H and O–H groups in total. The van der Waals surface area contributed by atoms with E-state index in [1.54, 1.807) is 0 Å². The molecule has 0 aliphatic carbocycles. The normalized spacial score (nSPS) is 15.4. The van der Waals surface area contributed by atoms with E-state index in [0.29, 0.717) is 12.5 Å². The van der Waals surface area contributed by atoms with Gasteiger partial charge in [0, 0.05) is 17.5 Å². The highest BCUT2D eigenvalue weighted by atomic mass is 31.2. The minimum Gasteiger partial charge on any atom is -0.417 e. The molecule has 0 radical (unpaired) electrons. The Labute approximate surface area is 216 Å². The average Bonchev–Trinajstić information content (AvgIpc) is 2.73.